The van der Waals surface area contributed by atoms with E-state index in [0.29, 0.717) is 5.92 Å². The number of nitrogens with zero attached hydrogens (tertiary/aromatic N) is 1. The number of nitrogens with two attached hydrogens (primary N) is 1. The third-order valence-corrected chi connectivity index (χ3v) is 4.96. The highest BCUT2D eigenvalue weighted by Crippen LogP contribution is 2.41. The van der Waals surface area contributed by atoms with Crippen LogP contribution in [-0.2, 0) is 0 Å². The predicted molar refractivity (Wildman–Crippen MR) is 70.1 cm³/mol. The lowest BCUT2D eigenvalue weighted by atomic mass is 10.2. The summed E-state index contributed by atoms with van der Waals surface area (Å²) in [7, 11) is 0. The van der Waals surface area contributed by atoms with Gasteiger partial charge in [0.1, 0.15) is 5.01 Å². The van der Waals surface area contributed by atoms with E-state index in [1.165, 1.54) is 12.8 Å². The van der Waals surface area contributed by atoms with Crippen molar-refractivity contribution in [2.45, 2.75) is 18.9 Å². The molecule has 16 heavy (non-hydrogen) atoms. The van der Waals surface area contributed by atoms with Crippen molar-refractivity contribution in [1.29, 1.82) is 0 Å². The van der Waals surface area contributed by atoms with Gasteiger partial charge in [0.05, 0.1) is 20.9 Å². The molecule has 5 heteroatoms. The molecule has 0 aliphatic heterocycles. The number of thiazole rings is 1. The van der Waals surface area contributed by atoms with E-state index in [1.54, 1.807) is 22.7 Å². The average molecular weight is 271 g/mol. The Balaban J connectivity index is 1.86. The molecule has 84 valence electrons. The topological polar surface area (TPSA) is 38.9 Å². The number of hydrogen-bond acceptors (Lipinski definition) is 4. The highest BCUT2D eigenvalue weighted by molar-refractivity contribution is 7.19. The van der Waals surface area contributed by atoms with Gasteiger partial charge in [0, 0.05) is 5.38 Å². The van der Waals surface area contributed by atoms with Gasteiger partial charge in [-0.15, -0.1) is 22.7 Å². The summed E-state index contributed by atoms with van der Waals surface area (Å²) < 4.78 is 0.802. The molecule has 3 rings (SSSR count). The molecular weight excluding hydrogens is 260 g/mol. The van der Waals surface area contributed by atoms with Crippen LogP contribution in [0.5, 0.6) is 0 Å². The van der Waals surface area contributed by atoms with Gasteiger partial charge in [0.2, 0.25) is 0 Å². The van der Waals surface area contributed by atoms with Crippen molar-refractivity contribution in [2.24, 2.45) is 11.7 Å². The van der Waals surface area contributed by atoms with Crippen LogP contribution in [0.4, 0.5) is 0 Å². The minimum Gasteiger partial charge on any atom is -0.322 e. The smallest absolute Gasteiger partial charge is 0.110 e. The van der Waals surface area contributed by atoms with Gasteiger partial charge in [0.25, 0.3) is 0 Å². The molecule has 0 radical (unpaired) electrons. The molecule has 2 aromatic rings. The van der Waals surface area contributed by atoms with Crippen LogP contribution in [0.2, 0.25) is 4.34 Å². The molecule has 1 fully saturated rings. The number of rotatable bonds is 3. The van der Waals surface area contributed by atoms with E-state index in [1.807, 2.05) is 12.1 Å². The maximum absolute atomic E-state index is 6.12. The van der Waals surface area contributed by atoms with Crippen LogP contribution in [0.15, 0.2) is 17.5 Å². The summed E-state index contributed by atoms with van der Waals surface area (Å²) in [5.41, 5.74) is 7.13. The van der Waals surface area contributed by atoms with Gasteiger partial charge in [-0.05, 0) is 30.9 Å². The largest absolute Gasteiger partial charge is 0.322 e. The van der Waals surface area contributed by atoms with E-state index in [9.17, 15) is 0 Å². The molecule has 0 bridgehead atoms. The monoisotopic (exact) mass is 270 g/mol. The molecule has 2 N–H and O–H groups in total. The van der Waals surface area contributed by atoms with Gasteiger partial charge in [-0.2, -0.15) is 0 Å². The maximum Gasteiger partial charge on any atom is 0.110 e. The normalized spacial score (nSPS) is 17.6. The van der Waals surface area contributed by atoms with Crippen LogP contribution in [0, 0.1) is 5.92 Å². The molecule has 2 nitrogen and oxygen atoms in total. The quantitative estimate of drug-likeness (QED) is 0.918. The summed E-state index contributed by atoms with van der Waals surface area (Å²) >= 11 is 9.13. The first-order valence-electron chi connectivity index (χ1n) is 5.21. The lowest BCUT2D eigenvalue weighted by Gasteiger charge is -2.04. The van der Waals surface area contributed by atoms with E-state index in [2.05, 4.69) is 10.4 Å². The Kier molecular flexibility index (Phi) is 2.75. The van der Waals surface area contributed by atoms with Gasteiger partial charge >= 0.3 is 0 Å². The molecule has 2 heterocycles. The maximum atomic E-state index is 6.12. The van der Waals surface area contributed by atoms with Gasteiger partial charge in [-0.1, -0.05) is 11.6 Å². The summed E-state index contributed by atoms with van der Waals surface area (Å²) in [6.07, 6.45) is 2.50. The molecule has 0 saturated heterocycles. The second-order valence-corrected chi connectivity index (χ2v) is 6.64. The van der Waals surface area contributed by atoms with Crippen molar-refractivity contribution in [3.05, 3.63) is 26.9 Å². The second kappa shape index (κ2) is 4.11. The van der Waals surface area contributed by atoms with E-state index in [-0.39, 0.29) is 6.04 Å². The van der Waals surface area contributed by atoms with E-state index in [4.69, 9.17) is 17.3 Å². The third kappa shape index (κ3) is 2.02. The number of aromatic nitrogens is 1. The molecule has 1 aliphatic carbocycles. The Labute approximate surface area is 107 Å². The fourth-order valence-corrected chi connectivity index (χ4v) is 3.65. The SMILES string of the molecule is NC(c1nc(-c2ccc(Cl)s2)cs1)C1CC1. The Bertz CT molecular complexity index is 502. The molecule has 0 amide bonds. The summed E-state index contributed by atoms with van der Waals surface area (Å²) in [6.45, 7) is 0. The van der Waals surface area contributed by atoms with Crippen LogP contribution in [0.1, 0.15) is 23.9 Å². The van der Waals surface area contributed by atoms with Gasteiger partial charge in [-0.3, -0.25) is 0 Å². The van der Waals surface area contributed by atoms with Crippen molar-refractivity contribution >= 4 is 34.3 Å². The Morgan fingerprint density at radius 1 is 1.44 bits per heavy atom. The number of hydrogen-bond donors (Lipinski definition) is 1. The van der Waals surface area contributed by atoms with Crippen LogP contribution < -0.4 is 5.73 Å². The molecule has 1 aliphatic rings. The molecule has 1 atom stereocenters. The standard InChI is InChI=1S/C11H11ClN2S2/c12-9-4-3-8(16-9)7-5-15-11(14-7)10(13)6-1-2-6/h3-6,10H,1-2,13H2. The van der Waals surface area contributed by atoms with E-state index >= 15 is 0 Å². The molecule has 1 saturated carbocycles. The first kappa shape index (κ1) is 10.7. The van der Waals surface area contributed by atoms with Crippen molar-refractivity contribution < 1.29 is 0 Å². The number of halogens is 1. The predicted octanol–water partition coefficient (Wildman–Crippen LogP) is 3.93. The highest BCUT2D eigenvalue weighted by Gasteiger charge is 2.31. The van der Waals surface area contributed by atoms with Crippen LogP contribution in [0.25, 0.3) is 10.6 Å². The lowest BCUT2D eigenvalue weighted by Crippen LogP contribution is -2.11. The third-order valence-electron chi connectivity index (χ3n) is 2.76. The minimum atomic E-state index is 0.134. The Hall–Kier alpha value is -0.420. The van der Waals surface area contributed by atoms with Crippen LogP contribution in [-0.4, -0.2) is 4.98 Å². The Morgan fingerprint density at radius 3 is 2.88 bits per heavy atom. The fourth-order valence-electron chi connectivity index (χ4n) is 1.66. The van der Waals surface area contributed by atoms with E-state index in [0.717, 1.165) is 19.9 Å². The molecular formula is C11H11ClN2S2. The first-order valence-corrected chi connectivity index (χ1v) is 7.28. The van der Waals surface area contributed by atoms with Gasteiger partial charge in [-0.25, -0.2) is 4.98 Å². The zero-order chi connectivity index (χ0) is 11.1. The van der Waals surface area contributed by atoms with Crippen molar-refractivity contribution in [3.63, 3.8) is 0 Å². The van der Waals surface area contributed by atoms with E-state index < -0.39 is 0 Å². The molecule has 1 unspecified atom stereocenters. The lowest BCUT2D eigenvalue weighted by molar-refractivity contribution is 0.629. The molecule has 0 spiro atoms. The van der Waals surface area contributed by atoms with Gasteiger partial charge in [0.15, 0.2) is 0 Å². The summed E-state index contributed by atoms with van der Waals surface area (Å²) in [4.78, 5) is 5.72. The summed E-state index contributed by atoms with van der Waals surface area (Å²) in [6, 6.07) is 4.05. The van der Waals surface area contributed by atoms with Crippen molar-refractivity contribution in [2.75, 3.05) is 0 Å². The number of thiophene rings is 1. The average Bonchev–Trinajstić information content (AvgIpc) is 2.84. The highest BCUT2D eigenvalue weighted by atomic mass is 35.5. The van der Waals surface area contributed by atoms with Crippen molar-refractivity contribution in [3.8, 4) is 10.6 Å². The van der Waals surface area contributed by atoms with Crippen LogP contribution >= 0.6 is 34.3 Å². The zero-order valence-corrected chi connectivity index (χ0v) is 10.9. The van der Waals surface area contributed by atoms with Crippen LogP contribution in [0.3, 0.4) is 0 Å². The zero-order valence-electron chi connectivity index (χ0n) is 8.52. The Morgan fingerprint density at radius 2 is 2.25 bits per heavy atom. The second-order valence-electron chi connectivity index (χ2n) is 4.04. The van der Waals surface area contributed by atoms with Crippen molar-refractivity contribution in [1.82, 2.24) is 4.98 Å². The van der Waals surface area contributed by atoms with Gasteiger partial charge < -0.3 is 5.73 Å². The first-order chi connectivity index (χ1) is 7.74. The summed E-state index contributed by atoms with van der Waals surface area (Å²) in [5, 5.41) is 3.13. The summed E-state index contributed by atoms with van der Waals surface area (Å²) in [5.74, 6) is 0.658. The fraction of sp³-hybridized carbons (Fsp3) is 0.364. The minimum absolute atomic E-state index is 0.134. The molecule has 0 aromatic carbocycles. The molecule has 2 aromatic heterocycles.